The topological polar surface area (TPSA) is 134 Å². The summed E-state index contributed by atoms with van der Waals surface area (Å²) in [5.41, 5.74) is 5.36. The minimum Gasteiger partial charge on any atom is -0.462 e. The molecule has 0 heterocycles. The van der Waals surface area contributed by atoms with Crippen molar-refractivity contribution >= 4 is 19.8 Å². The number of carbonyl (C=O) groups excluding carboxylic acids is 2. The number of phosphoric ester groups is 1. The van der Waals surface area contributed by atoms with Gasteiger partial charge in [-0.05, 0) is 51.4 Å². The molecule has 0 aromatic heterocycles. The van der Waals surface area contributed by atoms with Crippen molar-refractivity contribution in [2.24, 2.45) is 5.73 Å². The normalized spacial score (nSPS) is 13.5. The summed E-state index contributed by atoms with van der Waals surface area (Å²) >= 11 is 0. The van der Waals surface area contributed by atoms with Gasteiger partial charge in [0.25, 0.3) is 0 Å². The lowest BCUT2D eigenvalue weighted by atomic mass is 10.0. The van der Waals surface area contributed by atoms with Gasteiger partial charge in [-0.3, -0.25) is 18.6 Å². The number of carbonyl (C=O) groups is 2. The summed E-state index contributed by atoms with van der Waals surface area (Å²) in [4.78, 5) is 35.0. The second kappa shape index (κ2) is 45.7. The molecule has 9 nitrogen and oxygen atoms in total. The van der Waals surface area contributed by atoms with E-state index < -0.39 is 32.5 Å². The number of esters is 2. The van der Waals surface area contributed by atoms with Crippen LogP contribution in [0.25, 0.3) is 0 Å². The summed E-state index contributed by atoms with van der Waals surface area (Å²) in [6.07, 6.45) is 51.8. The van der Waals surface area contributed by atoms with Gasteiger partial charge >= 0.3 is 19.8 Å². The van der Waals surface area contributed by atoms with Crippen LogP contribution in [0.15, 0.2) is 36.5 Å². The number of hydrogen-bond donors (Lipinski definition) is 2. The molecule has 0 aromatic carbocycles. The van der Waals surface area contributed by atoms with E-state index >= 15 is 0 Å². The molecule has 0 aromatic rings. The zero-order valence-electron chi connectivity index (χ0n) is 38.2. The zero-order valence-corrected chi connectivity index (χ0v) is 39.1. The minimum atomic E-state index is -4.38. The van der Waals surface area contributed by atoms with Crippen molar-refractivity contribution in [3.8, 4) is 0 Å². The Bertz CT molecular complexity index is 1060. The van der Waals surface area contributed by atoms with Gasteiger partial charge < -0.3 is 20.1 Å². The molecule has 0 spiro atoms. The number of nitrogens with two attached hydrogens (primary N) is 1. The predicted octanol–water partition coefficient (Wildman–Crippen LogP) is 14.5. The molecule has 0 saturated carbocycles. The van der Waals surface area contributed by atoms with E-state index in [1.165, 1.54) is 141 Å². The van der Waals surface area contributed by atoms with Gasteiger partial charge in [-0.2, -0.15) is 0 Å². The van der Waals surface area contributed by atoms with Crippen molar-refractivity contribution in [2.45, 2.75) is 238 Å². The van der Waals surface area contributed by atoms with E-state index in [2.05, 4.69) is 50.3 Å². The average Bonchev–Trinajstić information content (AvgIpc) is 3.22. The second-order valence-electron chi connectivity index (χ2n) is 16.3. The van der Waals surface area contributed by atoms with Gasteiger partial charge in [0.15, 0.2) is 6.10 Å². The Morgan fingerprint density at radius 3 is 1.34 bits per heavy atom. The van der Waals surface area contributed by atoms with Crippen LogP contribution in [0.1, 0.15) is 232 Å². The molecule has 0 radical (unpaired) electrons. The SMILES string of the molecule is CCCCCC=CCC=CCC=CCCCCCCC(=O)OCC(COP(=O)(O)OCCN)OC(=O)CCCCCCCCCCCCCCCCCCCCCCC. The monoisotopic (exact) mass is 854 g/mol. The van der Waals surface area contributed by atoms with Crippen molar-refractivity contribution in [1.29, 1.82) is 0 Å². The van der Waals surface area contributed by atoms with Crippen molar-refractivity contribution < 1.29 is 37.6 Å². The van der Waals surface area contributed by atoms with Gasteiger partial charge in [0.05, 0.1) is 13.2 Å². The van der Waals surface area contributed by atoms with Crippen molar-refractivity contribution in [3.63, 3.8) is 0 Å². The Kier molecular flexibility index (Phi) is 44.4. The van der Waals surface area contributed by atoms with Crippen LogP contribution in [-0.2, 0) is 32.7 Å². The summed E-state index contributed by atoms with van der Waals surface area (Å²) in [5, 5.41) is 0. The lowest BCUT2D eigenvalue weighted by Gasteiger charge is -2.19. The molecule has 0 aliphatic carbocycles. The Balaban J connectivity index is 4.08. The largest absolute Gasteiger partial charge is 0.472 e. The molecule has 0 aliphatic heterocycles. The maximum Gasteiger partial charge on any atom is 0.472 e. The number of unbranched alkanes of at least 4 members (excludes halogenated alkanes) is 27. The van der Waals surface area contributed by atoms with Crippen LogP contribution in [0.3, 0.4) is 0 Å². The molecule has 0 saturated heterocycles. The molecule has 10 heteroatoms. The fraction of sp³-hybridized carbons (Fsp3) is 0.837. The Morgan fingerprint density at radius 2 is 0.881 bits per heavy atom. The van der Waals surface area contributed by atoms with Crippen molar-refractivity contribution in [3.05, 3.63) is 36.5 Å². The maximum atomic E-state index is 12.6. The third-order valence-electron chi connectivity index (χ3n) is 10.5. The van der Waals surface area contributed by atoms with Crippen molar-refractivity contribution in [1.82, 2.24) is 0 Å². The summed E-state index contributed by atoms with van der Waals surface area (Å²) in [5.74, 6) is -0.845. The highest BCUT2D eigenvalue weighted by Gasteiger charge is 2.26. The Morgan fingerprint density at radius 1 is 0.508 bits per heavy atom. The first-order valence-electron chi connectivity index (χ1n) is 24.5. The molecule has 2 unspecified atom stereocenters. The molecule has 0 aliphatic rings. The maximum absolute atomic E-state index is 12.6. The lowest BCUT2D eigenvalue weighted by Crippen LogP contribution is -2.29. The first kappa shape index (κ1) is 57.2. The van der Waals surface area contributed by atoms with E-state index in [9.17, 15) is 19.0 Å². The van der Waals surface area contributed by atoms with Crippen LogP contribution in [-0.4, -0.2) is 49.3 Å². The summed E-state index contributed by atoms with van der Waals surface area (Å²) < 4.78 is 32.9. The third kappa shape index (κ3) is 45.6. The lowest BCUT2D eigenvalue weighted by molar-refractivity contribution is -0.161. The fourth-order valence-electron chi connectivity index (χ4n) is 6.88. The van der Waals surface area contributed by atoms with Gasteiger partial charge in [-0.1, -0.05) is 204 Å². The molecular formula is C49H92NO8P. The number of phosphoric acid groups is 1. The highest BCUT2D eigenvalue weighted by atomic mass is 31.2. The van der Waals surface area contributed by atoms with E-state index in [4.69, 9.17) is 24.3 Å². The zero-order chi connectivity index (χ0) is 43.2. The smallest absolute Gasteiger partial charge is 0.462 e. The van der Waals surface area contributed by atoms with E-state index in [-0.39, 0.29) is 32.6 Å². The van der Waals surface area contributed by atoms with E-state index in [0.29, 0.717) is 12.8 Å². The third-order valence-corrected chi connectivity index (χ3v) is 11.5. The van der Waals surface area contributed by atoms with Crippen LogP contribution in [0.2, 0.25) is 0 Å². The number of hydrogen-bond acceptors (Lipinski definition) is 8. The van der Waals surface area contributed by atoms with Crippen LogP contribution in [0.5, 0.6) is 0 Å². The highest BCUT2D eigenvalue weighted by Crippen LogP contribution is 2.43. The molecule has 0 bridgehead atoms. The Labute approximate surface area is 363 Å². The van der Waals surface area contributed by atoms with Crippen LogP contribution < -0.4 is 5.73 Å². The van der Waals surface area contributed by atoms with E-state index in [0.717, 1.165) is 51.4 Å². The molecule has 3 N–H and O–H groups in total. The molecule has 0 amide bonds. The molecular weight excluding hydrogens is 762 g/mol. The second-order valence-corrected chi connectivity index (χ2v) is 17.8. The fourth-order valence-corrected chi connectivity index (χ4v) is 7.64. The van der Waals surface area contributed by atoms with Gasteiger partial charge in [0.1, 0.15) is 6.61 Å². The first-order chi connectivity index (χ1) is 28.8. The Hall–Kier alpha value is -1.77. The summed E-state index contributed by atoms with van der Waals surface area (Å²) in [7, 11) is -4.38. The van der Waals surface area contributed by atoms with Gasteiger partial charge in [0, 0.05) is 19.4 Å². The first-order valence-corrected chi connectivity index (χ1v) is 26.0. The molecule has 346 valence electrons. The minimum absolute atomic E-state index is 0.0509. The van der Waals surface area contributed by atoms with Crippen LogP contribution in [0.4, 0.5) is 0 Å². The number of ether oxygens (including phenoxy) is 2. The average molecular weight is 854 g/mol. The van der Waals surface area contributed by atoms with E-state index in [1.807, 2.05) is 0 Å². The van der Waals surface area contributed by atoms with Crippen molar-refractivity contribution in [2.75, 3.05) is 26.4 Å². The van der Waals surface area contributed by atoms with Crippen LogP contribution >= 0.6 is 7.82 Å². The highest BCUT2D eigenvalue weighted by molar-refractivity contribution is 7.47. The standard InChI is InChI=1S/C49H92NO8P/c1-3-5-7-9-11-13-15-17-19-21-22-23-24-26-28-30-32-34-36-38-40-42-49(52)58-47(46-57-59(53,54)56-44-43-50)45-55-48(51)41-39-37-35-33-31-29-27-25-20-18-16-14-12-10-8-6-4-2/h12,14,18,20,27,29,47H,3-11,13,15-17,19,21-26,28,30-46,50H2,1-2H3,(H,53,54). The molecule has 0 fully saturated rings. The quantitative estimate of drug-likeness (QED) is 0.0265. The van der Waals surface area contributed by atoms with Crippen LogP contribution in [0, 0.1) is 0 Å². The summed E-state index contributed by atoms with van der Waals surface area (Å²) in [6.45, 7) is 3.71. The van der Waals surface area contributed by atoms with Gasteiger partial charge in [-0.15, -0.1) is 0 Å². The van der Waals surface area contributed by atoms with Gasteiger partial charge in [-0.25, -0.2) is 4.57 Å². The summed E-state index contributed by atoms with van der Waals surface area (Å²) in [6, 6.07) is 0. The number of allylic oxidation sites excluding steroid dienone is 6. The molecule has 2 atom stereocenters. The van der Waals surface area contributed by atoms with E-state index in [1.54, 1.807) is 0 Å². The predicted molar refractivity (Wildman–Crippen MR) is 247 cm³/mol. The van der Waals surface area contributed by atoms with Gasteiger partial charge in [0.2, 0.25) is 0 Å². The number of rotatable bonds is 46. The molecule has 0 rings (SSSR count). The molecule has 59 heavy (non-hydrogen) atoms.